The maximum Gasteiger partial charge on any atom is 0.271 e. The Bertz CT molecular complexity index is 705. The number of halogens is 3. The van der Waals surface area contributed by atoms with Crippen LogP contribution in [-0.4, -0.2) is 17.2 Å². The molecule has 0 bridgehead atoms. The molecule has 0 saturated carbocycles. The first-order valence-electron chi connectivity index (χ1n) is 5.74. The van der Waals surface area contributed by atoms with Gasteiger partial charge in [0.05, 0.1) is 10.7 Å². The molecule has 0 atom stereocenters. The number of hydrogen-bond donors (Lipinski definition) is 2. The normalized spacial score (nSPS) is 10.8. The summed E-state index contributed by atoms with van der Waals surface area (Å²) in [7, 11) is 0. The Kier molecular flexibility index (Phi) is 4.93. The predicted molar refractivity (Wildman–Crippen MR) is 82.3 cm³/mol. The Morgan fingerprint density at radius 3 is 2.67 bits per heavy atom. The van der Waals surface area contributed by atoms with E-state index in [2.05, 4.69) is 26.5 Å². The number of carbonyl (C=O) groups is 1. The number of carbonyl (C=O) groups excluding carboxylic acids is 1. The van der Waals surface area contributed by atoms with Crippen molar-refractivity contribution >= 4 is 39.7 Å². The summed E-state index contributed by atoms with van der Waals surface area (Å²) in [6.45, 7) is 0. The highest BCUT2D eigenvalue weighted by Gasteiger charge is 2.06. The van der Waals surface area contributed by atoms with Crippen LogP contribution in [0, 0.1) is 5.82 Å². The number of rotatable bonds is 3. The lowest BCUT2D eigenvalue weighted by Crippen LogP contribution is -2.17. The summed E-state index contributed by atoms with van der Waals surface area (Å²) in [4.78, 5) is 11.8. The smallest absolute Gasteiger partial charge is 0.271 e. The Morgan fingerprint density at radius 2 is 2.00 bits per heavy atom. The summed E-state index contributed by atoms with van der Waals surface area (Å²) in [6.07, 6.45) is 1.22. The summed E-state index contributed by atoms with van der Waals surface area (Å²) in [5.41, 5.74) is 2.95. The van der Waals surface area contributed by atoms with Gasteiger partial charge in [-0.25, -0.2) is 9.82 Å². The fourth-order valence-corrected chi connectivity index (χ4v) is 1.97. The molecule has 0 spiro atoms. The number of hydrazone groups is 1. The van der Waals surface area contributed by atoms with Crippen molar-refractivity contribution < 1.29 is 14.3 Å². The van der Waals surface area contributed by atoms with Gasteiger partial charge in [0.1, 0.15) is 11.6 Å². The number of benzene rings is 2. The minimum absolute atomic E-state index is 0.186. The van der Waals surface area contributed by atoms with Crippen molar-refractivity contribution in [3.05, 3.63) is 62.8 Å². The third-order valence-corrected chi connectivity index (χ3v) is 3.41. The van der Waals surface area contributed by atoms with E-state index in [1.165, 1.54) is 12.3 Å². The Labute approximate surface area is 133 Å². The lowest BCUT2D eigenvalue weighted by molar-refractivity contribution is 0.0955. The van der Waals surface area contributed by atoms with Gasteiger partial charge in [-0.05, 0) is 46.3 Å². The topological polar surface area (TPSA) is 61.7 Å². The summed E-state index contributed by atoms with van der Waals surface area (Å²) in [5.74, 6) is -1.29. The van der Waals surface area contributed by atoms with Crippen molar-refractivity contribution in [3.63, 3.8) is 0 Å². The Balaban J connectivity index is 2.07. The molecule has 2 aromatic rings. The number of phenols is 1. The first kappa shape index (κ1) is 15.5. The van der Waals surface area contributed by atoms with Crippen LogP contribution in [0.15, 0.2) is 46.0 Å². The minimum Gasteiger partial charge on any atom is -0.507 e. The van der Waals surface area contributed by atoms with Crippen molar-refractivity contribution in [2.45, 2.75) is 0 Å². The second kappa shape index (κ2) is 6.69. The quantitative estimate of drug-likeness (QED) is 0.638. The van der Waals surface area contributed by atoms with Crippen molar-refractivity contribution in [1.82, 2.24) is 5.43 Å². The average Bonchev–Trinajstić information content (AvgIpc) is 2.45. The SMILES string of the molecule is O=C(N/N=C/c1cc(Br)c(F)cc1O)c1ccc(Cl)cc1. The van der Waals surface area contributed by atoms with Gasteiger partial charge >= 0.3 is 0 Å². The maximum atomic E-state index is 13.1. The molecule has 0 unspecified atom stereocenters. The highest BCUT2D eigenvalue weighted by atomic mass is 79.9. The van der Waals surface area contributed by atoms with Gasteiger partial charge in [-0.15, -0.1) is 0 Å². The molecular weight excluding hydrogens is 363 g/mol. The van der Waals surface area contributed by atoms with E-state index in [1.54, 1.807) is 24.3 Å². The molecule has 0 fully saturated rings. The second-order valence-electron chi connectivity index (χ2n) is 4.03. The van der Waals surface area contributed by atoms with Crippen molar-refractivity contribution in [2.24, 2.45) is 5.10 Å². The highest BCUT2D eigenvalue weighted by Crippen LogP contribution is 2.24. The van der Waals surface area contributed by atoms with E-state index in [0.717, 1.165) is 6.07 Å². The molecule has 0 aliphatic heterocycles. The third kappa shape index (κ3) is 4.03. The van der Waals surface area contributed by atoms with Crippen molar-refractivity contribution in [1.29, 1.82) is 0 Å². The van der Waals surface area contributed by atoms with Crippen LogP contribution < -0.4 is 5.43 Å². The zero-order chi connectivity index (χ0) is 15.4. The Hall–Kier alpha value is -1.92. The molecule has 7 heteroatoms. The summed E-state index contributed by atoms with van der Waals surface area (Å²) in [6, 6.07) is 8.58. The molecule has 0 radical (unpaired) electrons. The summed E-state index contributed by atoms with van der Waals surface area (Å²) in [5, 5.41) is 13.8. The van der Waals surface area contributed by atoms with Gasteiger partial charge in [-0.1, -0.05) is 11.6 Å². The fraction of sp³-hybridized carbons (Fsp3) is 0. The van der Waals surface area contributed by atoms with E-state index in [-0.39, 0.29) is 15.8 Å². The lowest BCUT2D eigenvalue weighted by Gasteiger charge is -2.02. The molecule has 0 aromatic heterocycles. The van der Waals surface area contributed by atoms with E-state index in [1.807, 2.05) is 0 Å². The van der Waals surface area contributed by atoms with Gasteiger partial charge in [0.15, 0.2) is 0 Å². The van der Waals surface area contributed by atoms with Gasteiger partial charge in [-0.2, -0.15) is 5.10 Å². The molecule has 2 N–H and O–H groups in total. The number of aromatic hydroxyl groups is 1. The van der Waals surface area contributed by atoms with Crippen LogP contribution in [-0.2, 0) is 0 Å². The first-order chi connectivity index (χ1) is 9.97. The number of nitrogens with one attached hydrogen (secondary N) is 1. The molecular formula is C14H9BrClFN2O2. The molecule has 2 rings (SSSR count). The zero-order valence-corrected chi connectivity index (χ0v) is 12.8. The van der Waals surface area contributed by atoms with Gasteiger partial charge < -0.3 is 5.11 Å². The van der Waals surface area contributed by atoms with E-state index in [9.17, 15) is 14.3 Å². The van der Waals surface area contributed by atoms with Crippen LogP contribution in [0.4, 0.5) is 4.39 Å². The molecule has 1 amide bonds. The van der Waals surface area contributed by atoms with Crippen LogP contribution in [0.1, 0.15) is 15.9 Å². The summed E-state index contributed by atoms with van der Waals surface area (Å²) >= 11 is 8.72. The molecule has 0 aliphatic rings. The fourth-order valence-electron chi connectivity index (χ4n) is 1.48. The molecule has 2 aromatic carbocycles. The van der Waals surface area contributed by atoms with E-state index in [0.29, 0.717) is 10.6 Å². The van der Waals surface area contributed by atoms with Gasteiger partial charge in [0, 0.05) is 22.2 Å². The number of phenolic OH excluding ortho intramolecular Hbond substituents is 1. The highest BCUT2D eigenvalue weighted by molar-refractivity contribution is 9.10. The average molecular weight is 372 g/mol. The van der Waals surface area contributed by atoms with Crippen LogP contribution in [0.25, 0.3) is 0 Å². The van der Waals surface area contributed by atoms with E-state index in [4.69, 9.17) is 11.6 Å². The number of amides is 1. The molecule has 108 valence electrons. The monoisotopic (exact) mass is 370 g/mol. The van der Waals surface area contributed by atoms with Crippen LogP contribution >= 0.6 is 27.5 Å². The maximum absolute atomic E-state index is 13.1. The second-order valence-corrected chi connectivity index (χ2v) is 5.32. The van der Waals surface area contributed by atoms with E-state index < -0.39 is 11.7 Å². The minimum atomic E-state index is -0.588. The molecule has 0 saturated heterocycles. The van der Waals surface area contributed by atoms with Gasteiger partial charge in [0.2, 0.25) is 0 Å². The third-order valence-electron chi connectivity index (χ3n) is 2.55. The van der Waals surface area contributed by atoms with Crippen LogP contribution in [0.3, 0.4) is 0 Å². The number of nitrogens with zero attached hydrogens (tertiary/aromatic N) is 1. The van der Waals surface area contributed by atoms with Crippen molar-refractivity contribution in [3.8, 4) is 5.75 Å². The van der Waals surface area contributed by atoms with E-state index >= 15 is 0 Å². The first-order valence-corrected chi connectivity index (χ1v) is 6.91. The van der Waals surface area contributed by atoms with Crippen LogP contribution in [0.5, 0.6) is 5.75 Å². The Morgan fingerprint density at radius 1 is 1.33 bits per heavy atom. The molecule has 0 aliphatic carbocycles. The van der Waals surface area contributed by atoms with Crippen LogP contribution in [0.2, 0.25) is 5.02 Å². The molecule has 0 heterocycles. The summed E-state index contributed by atoms with van der Waals surface area (Å²) < 4.78 is 13.3. The van der Waals surface area contributed by atoms with Crippen molar-refractivity contribution in [2.75, 3.05) is 0 Å². The molecule has 21 heavy (non-hydrogen) atoms. The predicted octanol–water partition coefficient (Wildman–Crippen LogP) is 3.71. The lowest BCUT2D eigenvalue weighted by atomic mass is 10.2. The standard InChI is InChI=1S/C14H9BrClFN2O2/c15-11-5-9(13(20)6-12(11)17)7-18-19-14(21)8-1-3-10(16)4-2-8/h1-7,20H,(H,19,21)/b18-7+. The number of hydrogen-bond acceptors (Lipinski definition) is 3. The van der Waals surface area contributed by atoms with Gasteiger partial charge in [0.25, 0.3) is 5.91 Å². The molecule has 4 nitrogen and oxygen atoms in total. The zero-order valence-electron chi connectivity index (χ0n) is 10.5. The largest absolute Gasteiger partial charge is 0.507 e. The van der Waals surface area contributed by atoms with Gasteiger partial charge in [-0.3, -0.25) is 4.79 Å².